The van der Waals surface area contributed by atoms with E-state index in [1.54, 1.807) is 7.11 Å². The fourth-order valence-corrected chi connectivity index (χ4v) is 2.42. The van der Waals surface area contributed by atoms with E-state index in [4.69, 9.17) is 14.7 Å². The first-order valence-electron chi connectivity index (χ1n) is 8.75. The Kier molecular flexibility index (Phi) is 8.58. The normalized spacial score (nSPS) is 10.8. The van der Waals surface area contributed by atoms with Gasteiger partial charge < -0.3 is 14.5 Å². The van der Waals surface area contributed by atoms with Crippen molar-refractivity contribution in [1.82, 2.24) is 20.0 Å². The molecule has 0 radical (unpaired) electrons. The maximum atomic E-state index is 5.21. The molecule has 0 amide bonds. The van der Waals surface area contributed by atoms with Crippen LogP contribution < -0.4 is 10.1 Å². The first-order valence-corrected chi connectivity index (χ1v) is 8.75. The molecule has 1 N–H and O–H groups in total. The average Bonchev–Trinajstić information content (AvgIpc) is 2.60. The SMILES string of the molecule is COc1ccc(CN=C(N=C(N(C)C)N(C)C)NC(N(C)C)=[N+](C)C)cc1. The summed E-state index contributed by atoms with van der Waals surface area (Å²) in [6, 6.07) is 7.88. The summed E-state index contributed by atoms with van der Waals surface area (Å²) in [7, 11) is 17.4. The lowest BCUT2D eigenvalue weighted by Gasteiger charge is -2.22. The van der Waals surface area contributed by atoms with Crippen LogP contribution in [-0.4, -0.2) is 101 Å². The van der Waals surface area contributed by atoms with Crippen LogP contribution in [0.5, 0.6) is 5.75 Å². The van der Waals surface area contributed by atoms with Gasteiger partial charge in [-0.25, -0.2) is 10.3 Å². The lowest BCUT2D eigenvalue weighted by molar-refractivity contribution is -0.471. The molecule has 0 saturated carbocycles. The third kappa shape index (κ3) is 7.16. The van der Waals surface area contributed by atoms with Crippen molar-refractivity contribution in [3.8, 4) is 5.75 Å². The molecule has 8 nitrogen and oxygen atoms in total. The Morgan fingerprint density at radius 2 is 1.52 bits per heavy atom. The summed E-state index contributed by atoms with van der Waals surface area (Å²) in [6.45, 7) is 0.512. The van der Waals surface area contributed by atoms with Gasteiger partial charge in [0.2, 0.25) is 5.96 Å². The van der Waals surface area contributed by atoms with E-state index in [-0.39, 0.29) is 0 Å². The largest absolute Gasteiger partial charge is 0.497 e. The Morgan fingerprint density at radius 3 is 1.93 bits per heavy atom. The van der Waals surface area contributed by atoms with E-state index in [2.05, 4.69) is 5.32 Å². The Balaban J connectivity index is 3.22. The zero-order valence-corrected chi connectivity index (χ0v) is 18.1. The van der Waals surface area contributed by atoms with Gasteiger partial charge in [0.25, 0.3) is 5.96 Å². The van der Waals surface area contributed by atoms with Crippen molar-refractivity contribution in [1.29, 1.82) is 0 Å². The van der Waals surface area contributed by atoms with Crippen molar-refractivity contribution in [2.24, 2.45) is 9.98 Å². The molecule has 1 rings (SSSR count). The van der Waals surface area contributed by atoms with E-state index in [9.17, 15) is 0 Å². The van der Waals surface area contributed by atoms with Gasteiger partial charge >= 0.3 is 5.96 Å². The second kappa shape index (κ2) is 10.4. The molecule has 27 heavy (non-hydrogen) atoms. The summed E-state index contributed by atoms with van der Waals surface area (Å²) in [4.78, 5) is 15.3. The number of rotatable bonds is 3. The van der Waals surface area contributed by atoms with E-state index in [0.717, 1.165) is 23.2 Å². The van der Waals surface area contributed by atoms with E-state index < -0.39 is 0 Å². The van der Waals surface area contributed by atoms with Crippen molar-refractivity contribution in [2.45, 2.75) is 6.54 Å². The maximum absolute atomic E-state index is 5.21. The van der Waals surface area contributed by atoms with Crippen LogP contribution in [-0.2, 0) is 6.54 Å². The molecule has 0 atom stereocenters. The molecule has 0 unspecified atom stereocenters. The first kappa shape index (κ1) is 22.3. The number of methoxy groups -OCH3 is 1. The Hall–Kier alpha value is -2.77. The minimum Gasteiger partial charge on any atom is -0.497 e. The predicted molar refractivity (Wildman–Crippen MR) is 113 cm³/mol. The summed E-state index contributed by atoms with van der Waals surface area (Å²) in [5.74, 6) is 3.06. The highest BCUT2D eigenvalue weighted by Crippen LogP contribution is 2.12. The van der Waals surface area contributed by atoms with Gasteiger partial charge in [0.1, 0.15) is 5.75 Å². The fraction of sp³-hybridized carbons (Fsp3) is 0.526. The number of benzene rings is 1. The van der Waals surface area contributed by atoms with Crippen LogP contribution in [0.1, 0.15) is 5.56 Å². The van der Waals surface area contributed by atoms with Gasteiger partial charge in [-0.15, -0.1) is 0 Å². The standard InChI is InChI=1S/C19H33N7O/c1-23(2)18(24(3)4)21-17(22-19(25(5)6)26(7)8)20-14-15-10-12-16(27-9)13-11-15/h10-13H,14H2,1-9H3/p+1. The topological polar surface area (TPSA) is 58.7 Å². The molecule has 1 aromatic carbocycles. The predicted octanol–water partition coefficient (Wildman–Crippen LogP) is 0.810. The van der Waals surface area contributed by atoms with Crippen LogP contribution in [0.2, 0.25) is 0 Å². The minimum atomic E-state index is 0.512. The Morgan fingerprint density at radius 1 is 0.963 bits per heavy atom. The van der Waals surface area contributed by atoms with Crippen LogP contribution in [0.4, 0.5) is 0 Å². The molecule has 0 aliphatic carbocycles. The lowest BCUT2D eigenvalue weighted by Crippen LogP contribution is -2.46. The van der Waals surface area contributed by atoms with Gasteiger partial charge in [-0.3, -0.25) is 9.48 Å². The number of nitrogens with zero attached hydrogens (tertiary/aromatic N) is 6. The summed E-state index contributed by atoms with van der Waals surface area (Å²) < 4.78 is 7.20. The lowest BCUT2D eigenvalue weighted by atomic mass is 10.2. The molecule has 150 valence electrons. The average molecular weight is 377 g/mol. The smallest absolute Gasteiger partial charge is 0.354 e. The van der Waals surface area contributed by atoms with Crippen molar-refractivity contribution in [3.63, 3.8) is 0 Å². The molecular weight excluding hydrogens is 342 g/mol. The molecule has 8 heteroatoms. The highest BCUT2D eigenvalue weighted by molar-refractivity contribution is 6.02. The number of hydrogen-bond donors (Lipinski definition) is 1. The first-order chi connectivity index (χ1) is 12.6. The van der Waals surface area contributed by atoms with Gasteiger partial charge in [-0.05, 0) is 17.7 Å². The van der Waals surface area contributed by atoms with E-state index in [1.807, 2.05) is 99.9 Å². The third-order valence-electron chi connectivity index (χ3n) is 3.65. The highest BCUT2D eigenvalue weighted by Gasteiger charge is 2.17. The van der Waals surface area contributed by atoms with Crippen molar-refractivity contribution < 1.29 is 9.31 Å². The zero-order valence-electron chi connectivity index (χ0n) is 18.1. The summed E-state index contributed by atoms with van der Waals surface area (Å²) in [6.07, 6.45) is 0. The van der Waals surface area contributed by atoms with Crippen LogP contribution >= 0.6 is 0 Å². The number of ether oxygens (including phenoxy) is 1. The Labute approximate surface area is 163 Å². The quantitative estimate of drug-likeness (QED) is 0.481. The van der Waals surface area contributed by atoms with Crippen LogP contribution in [0.15, 0.2) is 34.3 Å². The zero-order chi connectivity index (χ0) is 20.6. The molecule has 0 aliphatic rings. The van der Waals surface area contributed by atoms with E-state index in [0.29, 0.717) is 12.5 Å². The summed E-state index contributed by atoms with van der Waals surface area (Å²) >= 11 is 0. The minimum absolute atomic E-state index is 0.512. The Bertz CT molecular complexity index is 675. The van der Waals surface area contributed by atoms with Gasteiger partial charge in [0.05, 0.1) is 41.8 Å². The molecule has 0 fully saturated rings. The molecule has 0 saturated heterocycles. The molecule has 1 aromatic rings. The molecule has 0 aliphatic heterocycles. The number of nitrogens with one attached hydrogen (secondary N) is 1. The molecule has 0 heterocycles. The van der Waals surface area contributed by atoms with Gasteiger partial charge in [-0.2, -0.15) is 4.99 Å². The van der Waals surface area contributed by atoms with Gasteiger partial charge in [-0.1, -0.05) is 12.1 Å². The maximum Gasteiger partial charge on any atom is 0.354 e. The van der Waals surface area contributed by atoms with E-state index >= 15 is 0 Å². The molecule has 0 spiro atoms. The number of guanidine groups is 3. The second-order valence-electron chi connectivity index (χ2n) is 6.93. The van der Waals surface area contributed by atoms with Crippen molar-refractivity contribution in [3.05, 3.63) is 29.8 Å². The van der Waals surface area contributed by atoms with Crippen LogP contribution in [0.25, 0.3) is 0 Å². The summed E-state index contributed by atoms with van der Waals surface area (Å²) in [5.41, 5.74) is 1.08. The molecule has 0 bridgehead atoms. The van der Waals surface area contributed by atoms with Gasteiger partial charge in [0, 0.05) is 28.2 Å². The van der Waals surface area contributed by atoms with Crippen LogP contribution in [0.3, 0.4) is 0 Å². The third-order valence-corrected chi connectivity index (χ3v) is 3.65. The summed E-state index contributed by atoms with van der Waals surface area (Å²) in [5, 5.41) is 3.34. The van der Waals surface area contributed by atoms with Crippen LogP contribution in [0, 0.1) is 0 Å². The molecule has 0 aromatic heterocycles. The highest BCUT2D eigenvalue weighted by atomic mass is 16.5. The van der Waals surface area contributed by atoms with Crippen molar-refractivity contribution in [2.75, 3.05) is 63.5 Å². The fourth-order valence-electron chi connectivity index (χ4n) is 2.42. The van der Waals surface area contributed by atoms with Gasteiger partial charge in [0.15, 0.2) is 0 Å². The number of hydrogen-bond acceptors (Lipinski definition) is 2. The second-order valence-corrected chi connectivity index (χ2v) is 6.93. The van der Waals surface area contributed by atoms with Crippen molar-refractivity contribution >= 4 is 17.9 Å². The monoisotopic (exact) mass is 376 g/mol. The van der Waals surface area contributed by atoms with E-state index in [1.165, 1.54) is 0 Å². The molecular formula is C19H34N7O+. The number of aliphatic imine (C=N–C) groups is 2.